The molecular weight excluding hydrogens is 392 g/mol. The average Bonchev–Trinajstić information content (AvgIpc) is 2.99. The minimum absolute atomic E-state index is 0.207. The Kier molecular flexibility index (Phi) is 6.77. The highest BCUT2D eigenvalue weighted by Crippen LogP contribution is 2.28. The average molecular weight is 415 g/mol. The fourth-order valence-electron chi connectivity index (χ4n) is 3.22. The van der Waals surface area contributed by atoms with E-state index < -0.39 is 5.97 Å². The van der Waals surface area contributed by atoms with Crippen LogP contribution in [0, 0.1) is 0 Å². The van der Waals surface area contributed by atoms with Gasteiger partial charge in [0.1, 0.15) is 19.5 Å². The van der Waals surface area contributed by atoms with Gasteiger partial charge in [0.2, 0.25) is 0 Å². The molecule has 0 aliphatic carbocycles. The lowest BCUT2D eigenvalue weighted by atomic mass is 10.0. The second kappa shape index (κ2) is 9.47. The van der Waals surface area contributed by atoms with E-state index in [9.17, 15) is 4.79 Å². The van der Waals surface area contributed by atoms with Gasteiger partial charge in [0.05, 0.1) is 12.3 Å². The number of carbonyl (C=O) groups excluding carboxylic acids is 1. The summed E-state index contributed by atoms with van der Waals surface area (Å²) in [6.45, 7) is 2.35. The molecule has 0 saturated carbocycles. The number of halogens is 1. The molecule has 0 atom stereocenters. The largest absolute Gasteiger partial charge is 0.487 e. The van der Waals surface area contributed by atoms with Gasteiger partial charge in [-0.05, 0) is 42.8 Å². The SMILES string of the molecule is CCOC(=O)C(Cc1c(COc2ccc(Cl)cc2)n(C)c2ccccc12)=NOC. The van der Waals surface area contributed by atoms with Crippen LogP contribution in [0.1, 0.15) is 18.2 Å². The maximum atomic E-state index is 12.3. The van der Waals surface area contributed by atoms with Gasteiger partial charge < -0.3 is 18.9 Å². The van der Waals surface area contributed by atoms with Crippen molar-refractivity contribution in [3.63, 3.8) is 0 Å². The number of aryl methyl sites for hydroxylation is 1. The first-order chi connectivity index (χ1) is 14.0. The lowest BCUT2D eigenvalue weighted by Crippen LogP contribution is -2.21. The Morgan fingerprint density at radius 3 is 2.55 bits per heavy atom. The van der Waals surface area contributed by atoms with Crippen LogP contribution >= 0.6 is 11.6 Å². The summed E-state index contributed by atoms with van der Waals surface area (Å²) in [4.78, 5) is 17.2. The summed E-state index contributed by atoms with van der Waals surface area (Å²) in [5.41, 5.74) is 3.13. The number of fused-ring (bicyclic) bond motifs is 1. The van der Waals surface area contributed by atoms with Crippen LogP contribution in [0.2, 0.25) is 5.02 Å². The van der Waals surface area contributed by atoms with Gasteiger partial charge in [-0.25, -0.2) is 4.79 Å². The molecule has 2 aromatic carbocycles. The maximum Gasteiger partial charge on any atom is 0.356 e. The van der Waals surface area contributed by atoms with Gasteiger partial charge in [-0.15, -0.1) is 0 Å². The van der Waals surface area contributed by atoms with Gasteiger partial charge >= 0.3 is 5.97 Å². The molecule has 29 heavy (non-hydrogen) atoms. The van der Waals surface area contributed by atoms with Crippen LogP contribution < -0.4 is 4.74 Å². The zero-order valence-electron chi connectivity index (χ0n) is 16.6. The molecule has 152 valence electrons. The number of nitrogens with zero attached hydrogens (tertiary/aromatic N) is 2. The Hall–Kier alpha value is -2.99. The van der Waals surface area contributed by atoms with E-state index in [2.05, 4.69) is 9.72 Å². The van der Waals surface area contributed by atoms with Crippen molar-refractivity contribution in [1.29, 1.82) is 0 Å². The summed E-state index contributed by atoms with van der Waals surface area (Å²) in [6, 6.07) is 15.2. The summed E-state index contributed by atoms with van der Waals surface area (Å²) in [5, 5.41) is 5.58. The summed E-state index contributed by atoms with van der Waals surface area (Å²) >= 11 is 5.95. The van der Waals surface area contributed by atoms with Gasteiger partial charge in [0.15, 0.2) is 5.71 Å². The number of esters is 1. The monoisotopic (exact) mass is 414 g/mol. The first kappa shape index (κ1) is 20.7. The predicted molar refractivity (Wildman–Crippen MR) is 113 cm³/mol. The Bertz CT molecular complexity index is 1030. The Balaban J connectivity index is 1.98. The summed E-state index contributed by atoms with van der Waals surface area (Å²) < 4.78 is 13.2. The van der Waals surface area contributed by atoms with Crippen LogP contribution in [0.25, 0.3) is 10.9 Å². The molecule has 0 spiro atoms. The Morgan fingerprint density at radius 1 is 1.14 bits per heavy atom. The fraction of sp³-hybridized carbons (Fsp3) is 0.273. The molecule has 6 nitrogen and oxygen atoms in total. The molecule has 0 aliphatic rings. The van der Waals surface area contributed by atoms with Gasteiger partial charge in [-0.3, -0.25) is 0 Å². The van der Waals surface area contributed by atoms with Crippen molar-refractivity contribution in [2.45, 2.75) is 20.0 Å². The lowest BCUT2D eigenvalue weighted by molar-refractivity contribution is -0.135. The molecule has 0 bridgehead atoms. The van der Waals surface area contributed by atoms with E-state index in [0.717, 1.165) is 22.2 Å². The maximum absolute atomic E-state index is 12.3. The minimum Gasteiger partial charge on any atom is -0.487 e. The highest BCUT2D eigenvalue weighted by atomic mass is 35.5. The van der Waals surface area contributed by atoms with Crippen LogP contribution in [0.5, 0.6) is 5.75 Å². The summed E-state index contributed by atoms with van der Waals surface area (Å²) in [5.74, 6) is 0.216. The predicted octanol–water partition coefficient (Wildman–Crippen LogP) is 4.52. The van der Waals surface area contributed by atoms with Gasteiger partial charge in [0, 0.05) is 29.4 Å². The number of rotatable bonds is 8. The molecule has 0 amide bonds. The van der Waals surface area contributed by atoms with Gasteiger partial charge in [0.25, 0.3) is 0 Å². The van der Waals surface area contributed by atoms with E-state index >= 15 is 0 Å². The topological polar surface area (TPSA) is 62.0 Å². The van der Waals surface area contributed by atoms with E-state index in [4.69, 9.17) is 25.9 Å². The molecule has 0 saturated heterocycles. The van der Waals surface area contributed by atoms with Gasteiger partial charge in [-0.1, -0.05) is 35.0 Å². The third kappa shape index (κ3) is 4.71. The van der Waals surface area contributed by atoms with E-state index in [1.54, 1.807) is 19.1 Å². The standard InChI is InChI=1S/C22H23ClN2O4/c1-4-28-22(26)19(24-27-3)13-18-17-7-5-6-8-20(17)25(2)21(18)14-29-16-11-9-15(23)10-12-16/h5-12H,4,13-14H2,1-3H3. The molecule has 0 fully saturated rings. The van der Waals surface area contributed by atoms with Crippen LogP contribution in [0.15, 0.2) is 53.7 Å². The van der Waals surface area contributed by atoms with Crippen molar-refractivity contribution in [2.75, 3.05) is 13.7 Å². The van der Waals surface area contributed by atoms with Crippen LogP contribution in [0.4, 0.5) is 0 Å². The van der Waals surface area contributed by atoms with E-state index in [1.807, 2.05) is 43.4 Å². The number of benzene rings is 2. The first-order valence-electron chi connectivity index (χ1n) is 9.25. The number of hydrogen-bond donors (Lipinski definition) is 0. The quantitative estimate of drug-likeness (QED) is 0.309. The lowest BCUT2D eigenvalue weighted by Gasteiger charge is -2.11. The molecule has 0 unspecified atom stereocenters. The highest BCUT2D eigenvalue weighted by Gasteiger charge is 2.22. The molecule has 0 aliphatic heterocycles. The van der Waals surface area contributed by atoms with Gasteiger partial charge in [-0.2, -0.15) is 0 Å². The number of carbonyl (C=O) groups is 1. The van der Waals surface area contributed by atoms with Crippen molar-refractivity contribution in [2.24, 2.45) is 12.2 Å². The van der Waals surface area contributed by atoms with Crippen LogP contribution in [0.3, 0.4) is 0 Å². The van der Waals surface area contributed by atoms with Crippen molar-refractivity contribution in [1.82, 2.24) is 4.57 Å². The summed E-state index contributed by atoms with van der Waals surface area (Å²) in [6.07, 6.45) is 0.271. The van der Waals surface area contributed by atoms with Crippen molar-refractivity contribution < 1.29 is 19.1 Å². The molecule has 0 N–H and O–H groups in total. The Labute approximate surface area is 174 Å². The summed E-state index contributed by atoms with van der Waals surface area (Å²) in [7, 11) is 3.39. The van der Waals surface area contributed by atoms with E-state index in [1.165, 1.54) is 7.11 Å². The second-order valence-electron chi connectivity index (χ2n) is 6.36. The number of aromatic nitrogens is 1. The number of para-hydroxylation sites is 1. The van der Waals surface area contributed by atoms with Crippen molar-refractivity contribution in [3.05, 3.63) is 64.8 Å². The van der Waals surface area contributed by atoms with Crippen LogP contribution in [-0.2, 0) is 34.4 Å². The number of oxime groups is 1. The van der Waals surface area contributed by atoms with Crippen molar-refractivity contribution >= 4 is 34.2 Å². The zero-order chi connectivity index (χ0) is 20.8. The van der Waals surface area contributed by atoms with Crippen molar-refractivity contribution in [3.8, 4) is 5.75 Å². The minimum atomic E-state index is -0.494. The molecule has 7 heteroatoms. The van der Waals surface area contributed by atoms with E-state index in [0.29, 0.717) is 17.4 Å². The van der Waals surface area contributed by atoms with Crippen LogP contribution in [-0.4, -0.2) is 30.0 Å². The molecular formula is C22H23ClN2O4. The number of ether oxygens (including phenoxy) is 2. The van der Waals surface area contributed by atoms with E-state index in [-0.39, 0.29) is 18.7 Å². The molecule has 3 rings (SSSR count). The second-order valence-corrected chi connectivity index (χ2v) is 6.80. The zero-order valence-corrected chi connectivity index (χ0v) is 17.4. The number of hydrogen-bond acceptors (Lipinski definition) is 5. The normalized spacial score (nSPS) is 11.5. The first-order valence-corrected chi connectivity index (χ1v) is 9.63. The molecule has 0 radical (unpaired) electrons. The molecule has 3 aromatic rings. The highest BCUT2D eigenvalue weighted by molar-refractivity contribution is 6.37. The fourth-order valence-corrected chi connectivity index (χ4v) is 3.35. The Morgan fingerprint density at radius 2 is 1.86 bits per heavy atom. The smallest absolute Gasteiger partial charge is 0.356 e. The third-order valence-electron chi connectivity index (χ3n) is 4.59. The third-order valence-corrected chi connectivity index (χ3v) is 4.84. The molecule has 1 heterocycles. The molecule has 1 aromatic heterocycles.